The van der Waals surface area contributed by atoms with Crippen molar-refractivity contribution >= 4 is 11.8 Å². The van der Waals surface area contributed by atoms with Crippen molar-refractivity contribution in [3.63, 3.8) is 0 Å². The highest BCUT2D eigenvalue weighted by atomic mass is 16.5. The molecule has 104 valence electrons. The fourth-order valence-electron chi connectivity index (χ4n) is 2.04. The van der Waals surface area contributed by atoms with Crippen molar-refractivity contribution in [2.75, 3.05) is 26.7 Å². The number of furan rings is 1. The molecule has 1 saturated heterocycles. The minimum atomic E-state index is -0.380. The molecule has 0 radical (unpaired) electrons. The molecule has 0 aliphatic carbocycles. The van der Waals surface area contributed by atoms with E-state index in [0.29, 0.717) is 12.4 Å². The zero-order chi connectivity index (χ0) is 13.7. The molecular weight excluding hydrogens is 248 g/mol. The predicted octanol–water partition coefficient (Wildman–Crippen LogP) is 0.778. The number of hydrogen-bond acceptors (Lipinski definition) is 4. The molecule has 1 fully saturated rings. The number of carbonyl (C=O) groups excluding carboxylic acids is 2. The van der Waals surface area contributed by atoms with Crippen LogP contribution in [-0.2, 0) is 16.1 Å². The van der Waals surface area contributed by atoms with E-state index in [-0.39, 0.29) is 24.1 Å². The van der Waals surface area contributed by atoms with Crippen LogP contribution < -0.4 is 5.32 Å². The summed E-state index contributed by atoms with van der Waals surface area (Å²) in [5.74, 6) is 0.351. The van der Waals surface area contributed by atoms with E-state index in [0.717, 1.165) is 25.9 Å². The standard InChI is InChI=1S/C13H18N2O4/c1-18-9-10-4-5-11(19-10)13(17)14-8-12(16)15-6-2-3-7-15/h4-5H,2-3,6-9H2,1H3,(H,14,17). The summed E-state index contributed by atoms with van der Waals surface area (Å²) in [4.78, 5) is 25.3. The molecule has 0 unspecified atom stereocenters. The summed E-state index contributed by atoms with van der Waals surface area (Å²) in [6.45, 7) is 1.90. The van der Waals surface area contributed by atoms with Crippen LogP contribution in [0.1, 0.15) is 29.2 Å². The van der Waals surface area contributed by atoms with Crippen molar-refractivity contribution in [2.24, 2.45) is 0 Å². The second-order valence-corrected chi connectivity index (χ2v) is 4.47. The highest BCUT2D eigenvalue weighted by Crippen LogP contribution is 2.09. The predicted molar refractivity (Wildman–Crippen MR) is 67.6 cm³/mol. The second kappa shape index (κ2) is 6.38. The smallest absolute Gasteiger partial charge is 0.287 e. The summed E-state index contributed by atoms with van der Waals surface area (Å²) < 4.78 is 10.2. The van der Waals surface area contributed by atoms with Gasteiger partial charge in [-0.2, -0.15) is 0 Å². The van der Waals surface area contributed by atoms with Gasteiger partial charge in [0.25, 0.3) is 5.91 Å². The Morgan fingerprint density at radius 1 is 1.37 bits per heavy atom. The Morgan fingerprint density at radius 2 is 2.11 bits per heavy atom. The minimum absolute atomic E-state index is 0.0130. The highest BCUT2D eigenvalue weighted by molar-refractivity contribution is 5.94. The summed E-state index contributed by atoms with van der Waals surface area (Å²) >= 11 is 0. The number of rotatable bonds is 5. The molecule has 2 amide bonds. The minimum Gasteiger partial charge on any atom is -0.453 e. The number of nitrogens with one attached hydrogen (secondary N) is 1. The zero-order valence-electron chi connectivity index (χ0n) is 11.0. The summed E-state index contributed by atoms with van der Waals surface area (Å²) in [5, 5.41) is 2.57. The monoisotopic (exact) mass is 266 g/mol. The van der Waals surface area contributed by atoms with Gasteiger partial charge in [0.15, 0.2) is 5.76 Å². The van der Waals surface area contributed by atoms with Gasteiger partial charge in [-0.1, -0.05) is 0 Å². The van der Waals surface area contributed by atoms with Gasteiger partial charge >= 0.3 is 0 Å². The van der Waals surface area contributed by atoms with Crippen LogP contribution in [0.4, 0.5) is 0 Å². The third-order valence-corrected chi connectivity index (χ3v) is 3.03. The van der Waals surface area contributed by atoms with Gasteiger partial charge in [0.1, 0.15) is 12.4 Å². The van der Waals surface area contributed by atoms with Crippen LogP contribution >= 0.6 is 0 Å². The molecule has 0 saturated carbocycles. The van der Waals surface area contributed by atoms with Gasteiger partial charge in [-0.25, -0.2) is 0 Å². The van der Waals surface area contributed by atoms with Crippen LogP contribution in [-0.4, -0.2) is 43.5 Å². The van der Waals surface area contributed by atoms with E-state index in [1.165, 1.54) is 0 Å². The largest absolute Gasteiger partial charge is 0.453 e. The number of nitrogens with zero attached hydrogens (tertiary/aromatic N) is 1. The molecule has 0 bridgehead atoms. The molecule has 6 nitrogen and oxygen atoms in total. The van der Waals surface area contributed by atoms with E-state index in [4.69, 9.17) is 9.15 Å². The van der Waals surface area contributed by atoms with Gasteiger partial charge in [0.05, 0.1) is 6.54 Å². The lowest BCUT2D eigenvalue weighted by molar-refractivity contribution is -0.129. The van der Waals surface area contributed by atoms with Gasteiger partial charge in [-0.05, 0) is 25.0 Å². The zero-order valence-corrected chi connectivity index (χ0v) is 11.0. The Labute approximate surface area is 111 Å². The third-order valence-electron chi connectivity index (χ3n) is 3.03. The lowest BCUT2D eigenvalue weighted by Gasteiger charge is -2.14. The van der Waals surface area contributed by atoms with Gasteiger partial charge < -0.3 is 19.4 Å². The van der Waals surface area contributed by atoms with Gasteiger partial charge in [-0.3, -0.25) is 9.59 Å². The average molecular weight is 266 g/mol. The third kappa shape index (κ3) is 3.57. The Morgan fingerprint density at radius 3 is 2.79 bits per heavy atom. The van der Waals surface area contributed by atoms with Crippen molar-refractivity contribution in [1.82, 2.24) is 10.2 Å². The number of hydrogen-bond donors (Lipinski definition) is 1. The van der Waals surface area contributed by atoms with Gasteiger partial charge in [0.2, 0.25) is 5.91 Å². The lowest BCUT2D eigenvalue weighted by Crippen LogP contribution is -2.38. The topological polar surface area (TPSA) is 71.8 Å². The number of methoxy groups -OCH3 is 1. The van der Waals surface area contributed by atoms with E-state index in [2.05, 4.69) is 5.32 Å². The molecule has 6 heteroatoms. The van der Waals surface area contributed by atoms with Crippen LogP contribution in [0.5, 0.6) is 0 Å². The Kier molecular flexibility index (Phi) is 4.57. The fraction of sp³-hybridized carbons (Fsp3) is 0.538. The first kappa shape index (κ1) is 13.6. The summed E-state index contributed by atoms with van der Waals surface area (Å²) in [6, 6.07) is 3.25. The SMILES string of the molecule is COCc1ccc(C(=O)NCC(=O)N2CCCC2)o1. The van der Waals surface area contributed by atoms with E-state index in [1.54, 1.807) is 24.1 Å². The van der Waals surface area contributed by atoms with E-state index < -0.39 is 0 Å². The van der Waals surface area contributed by atoms with Gasteiger partial charge in [0, 0.05) is 20.2 Å². The summed E-state index contributed by atoms with van der Waals surface area (Å²) in [6.07, 6.45) is 2.08. The van der Waals surface area contributed by atoms with Crippen molar-refractivity contribution in [1.29, 1.82) is 0 Å². The van der Waals surface area contributed by atoms with E-state index in [9.17, 15) is 9.59 Å². The quantitative estimate of drug-likeness (QED) is 0.854. The van der Waals surface area contributed by atoms with Gasteiger partial charge in [-0.15, -0.1) is 0 Å². The van der Waals surface area contributed by atoms with Crippen molar-refractivity contribution in [2.45, 2.75) is 19.4 Å². The number of amides is 2. The van der Waals surface area contributed by atoms with Crippen LogP contribution in [0.2, 0.25) is 0 Å². The van der Waals surface area contributed by atoms with Crippen LogP contribution in [0, 0.1) is 0 Å². The summed E-state index contributed by atoms with van der Waals surface area (Å²) in [5.41, 5.74) is 0. The molecule has 1 aromatic heterocycles. The Hall–Kier alpha value is -1.82. The first-order chi connectivity index (χ1) is 9.20. The van der Waals surface area contributed by atoms with E-state index >= 15 is 0 Å². The van der Waals surface area contributed by atoms with Crippen molar-refractivity contribution in [3.05, 3.63) is 23.7 Å². The highest BCUT2D eigenvalue weighted by Gasteiger charge is 2.19. The molecular formula is C13H18N2O4. The molecule has 1 aliphatic heterocycles. The molecule has 1 aliphatic rings. The fourth-order valence-corrected chi connectivity index (χ4v) is 2.04. The average Bonchev–Trinajstić information content (AvgIpc) is 3.06. The lowest BCUT2D eigenvalue weighted by atomic mass is 10.4. The second-order valence-electron chi connectivity index (χ2n) is 4.47. The first-order valence-corrected chi connectivity index (χ1v) is 6.34. The number of carbonyl (C=O) groups is 2. The maximum atomic E-state index is 11.8. The maximum absolute atomic E-state index is 11.8. The molecule has 2 rings (SSSR count). The number of likely N-dealkylation sites (tertiary alicyclic amines) is 1. The van der Waals surface area contributed by atoms with E-state index in [1.807, 2.05) is 0 Å². The number of ether oxygens (including phenoxy) is 1. The normalized spacial score (nSPS) is 14.7. The molecule has 0 spiro atoms. The van der Waals surface area contributed by atoms with Crippen LogP contribution in [0.3, 0.4) is 0 Å². The summed E-state index contributed by atoms with van der Waals surface area (Å²) in [7, 11) is 1.55. The van der Waals surface area contributed by atoms with Crippen LogP contribution in [0.25, 0.3) is 0 Å². The van der Waals surface area contributed by atoms with Crippen molar-refractivity contribution in [3.8, 4) is 0 Å². The van der Waals surface area contributed by atoms with Crippen molar-refractivity contribution < 1.29 is 18.7 Å². The first-order valence-electron chi connectivity index (χ1n) is 6.34. The molecule has 2 heterocycles. The Bertz CT molecular complexity index is 449. The van der Waals surface area contributed by atoms with Crippen LogP contribution in [0.15, 0.2) is 16.5 Å². The maximum Gasteiger partial charge on any atom is 0.287 e. The molecule has 1 aromatic rings. The molecule has 19 heavy (non-hydrogen) atoms. The molecule has 0 atom stereocenters. The Balaban J connectivity index is 1.81. The molecule has 0 aromatic carbocycles. The molecule has 1 N–H and O–H groups in total.